The van der Waals surface area contributed by atoms with Gasteiger partial charge in [0.15, 0.2) is 0 Å². The average molecular weight is 404 g/mol. The van der Waals surface area contributed by atoms with E-state index in [9.17, 15) is 4.79 Å². The Hall–Kier alpha value is -3.12. The fraction of sp³-hybridized carbons (Fsp3) is 0.333. The molecule has 0 unspecified atom stereocenters. The number of imidazole rings is 2. The molecular formula is C24H29N5O. The molecule has 6 nitrogen and oxygen atoms in total. The highest BCUT2D eigenvalue weighted by atomic mass is 16.1. The number of aromatic nitrogens is 4. The fourth-order valence-corrected chi connectivity index (χ4v) is 4.16. The van der Waals surface area contributed by atoms with Crippen molar-refractivity contribution in [3.63, 3.8) is 0 Å². The summed E-state index contributed by atoms with van der Waals surface area (Å²) in [5, 5.41) is 0. The van der Waals surface area contributed by atoms with Crippen LogP contribution in [0.1, 0.15) is 22.7 Å². The molecule has 2 aromatic heterocycles. The number of likely N-dealkylation sites (N-methyl/N-ethyl adjacent to an activating group) is 1. The molecule has 156 valence electrons. The first-order valence-corrected chi connectivity index (χ1v) is 10.2. The highest BCUT2D eigenvalue weighted by Gasteiger charge is 2.19. The number of benzene rings is 2. The zero-order valence-corrected chi connectivity index (χ0v) is 18.5. The Bertz CT molecular complexity index is 1260. The Labute approximate surface area is 177 Å². The van der Waals surface area contributed by atoms with Crippen LogP contribution in [-0.2, 0) is 20.6 Å². The molecule has 0 amide bonds. The average Bonchev–Trinajstić information content (AvgIpc) is 3.25. The van der Waals surface area contributed by atoms with Crippen LogP contribution >= 0.6 is 0 Å². The van der Waals surface area contributed by atoms with Crippen molar-refractivity contribution in [3.8, 4) is 11.3 Å². The van der Waals surface area contributed by atoms with Crippen LogP contribution in [0.15, 0.2) is 53.7 Å². The summed E-state index contributed by atoms with van der Waals surface area (Å²) >= 11 is 0. The third-order valence-electron chi connectivity index (χ3n) is 6.06. The number of hydrogen-bond acceptors (Lipinski definition) is 3. The maximum Gasteiger partial charge on any atom is 0.328 e. The first-order valence-electron chi connectivity index (χ1n) is 10.2. The van der Waals surface area contributed by atoms with Gasteiger partial charge in [0.2, 0.25) is 0 Å². The lowest BCUT2D eigenvalue weighted by atomic mass is 10.0. The normalized spacial score (nSPS) is 12.8. The molecule has 4 rings (SSSR count). The Balaban J connectivity index is 1.78. The lowest BCUT2D eigenvalue weighted by molar-refractivity contribution is 0.269. The molecule has 0 fully saturated rings. The molecular weight excluding hydrogens is 374 g/mol. The van der Waals surface area contributed by atoms with Crippen molar-refractivity contribution in [1.82, 2.24) is 23.6 Å². The molecule has 0 saturated heterocycles. The molecule has 0 spiro atoms. The van der Waals surface area contributed by atoms with Crippen molar-refractivity contribution in [3.05, 3.63) is 76.1 Å². The van der Waals surface area contributed by atoms with Gasteiger partial charge in [-0.1, -0.05) is 29.8 Å². The van der Waals surface area contributed by atoms with E-state index in [1.807, 2.05) is 26.6 Å². The van der Waals surface area contributed by atoms with Crippen LogP contribution in [0, 0.1) is 13.8 Å². The minimum absolute atomic E-state index is 0.0119. The molecule has 0 bridgehead atoms. The van der Waals surface area contributed by atoms with Gasteiger partial charge < -0.3 is 9.47 Å². The van der Waals surface area contributed by atoms with Crippen molar-refractivity contribution in [1.29, 1.82) is 0 Å². The van der Waals surface area contributed by atoms with E-state index in [0.717, 1.165) is 34.4 Å². The summed E-state index contributed by atoms with van der Waals surface area (Å²) in [6, 6.07) is 13.1. The number of rotatable bonds is 5. The SMILES string of the molecule is Cc1ccc([C@H](Cn2cncc2-c2cc3c(cc2C)n(C)c(=O)n3C)N(C)C)cc1. The predicted octanol–water partition coefficient (Wildman–Crippen LogP) is 3.66. The van der Waals surface area contributed by atoms with E-state index in [1.165, 1.54) is 11.1 Å². The zero-order chi connectivity index (χ0) is 21.6. The zero-order valence-electron chi connectivity index (χ0n) is 18.5. The van der Waals surface area contributed by atoms with Crippen LogP contribution in [0.2, 0.25) is 0 Å². The first kappa shape index (κ1) is 20.2. The van der Waals surface area contributed by atoms with Crippen molar-refractivity contribution < 1.29 is 0 Å². The van der Waals surface area contributed by atoms with Crippen LogP contribution < -0.4 is 5.69 Å². The highest BCUT2D eigenvalue weighted by molar-refractivity contribution is 5.84. The summed E-state index contributed by atoms with van der Waals surface area (Å²) in [7, 11) is 7.86. The van der Waals surface area contributed by atoms with Crippen LogP contribution in [0.3, 0.4) is 0 Å². The van der Waals surface area contributed by atoms with Crippen LogP contribution in [0.25, 0.3) is 22.3 Å². The van der Waals surface area contributed by atoms with Gasteiger partial charge in [-0.15, -0.1) is 0 Å². The molecule has 6 heteroatoms. The first-order chi connectivity index (χ1) is 14.3. The van der Waals surface area contributed by atoms with Crippen molar-refractivity contribution in [2.45, 2.75) is 26.4 Å². The fourth-order valence-electron chi connectivity index (χ4n) is 4.16. The number of hydrogen-bond donors (Lipinski definition) is 0. The minimum atomic E-state index is -0.0119. The Kier molecular flexibility index (Phi) is 5.12. The van der Waals surface area contributed by atoms with Gasteiger partial charge in [-0.3, -0.25) is 9.13 Å². The maximum atomic E-state index is 12.4. The van der Waals surface area contributed by atoms with Gasteiger partial charge in [0.1, 0.15) is 0 Å². The van der Waals surface area contributed by atoms with Gasteiger partial charge in [-0.2, -0.15) is 0 Å². The molecule has 4 aromatic rings. The number of fused-ring (bicyclic) bond motifs is 1. The lowest BCUT2D eigenvalue weighted by Crippen LogP contribution is -2.24. The minimum Gasteiger partial charge on any atom is -0.329 e. The van der Waals surface area contributed by atoms with Crippen LogP contribution in [0.4, 0.5) is 0 Å². The van der Waals surface area contributed by atoms with E-state index in [1.54, 1.807) is 9.13 Å². The quantitative estimate of drug-likeness (QED) is 0.511. The van der Waals surface area contributed by atoms with E-state index in [0.29, 0.717) is 0 Å². The standard InChI is InChI=1S/C24H29N5O/c1-16-7-9-18(10-8-16)23(26(3)4)14-29-15-25-13-22(29)19-12-21-20(11-17(19)2)27(5)24(30)28(21)6/h7-13,15,23H,14H2,1-6H3/t23-/m0/s1. The van der Waals surface area contributed by atoms with Gasteiger partial charge >= 0.3 is 5.69 Å². The predicted molar refractivity (Wildman–Crippen MR) is 122 cm³/mol. The summed E-state index contributed by atoms with van der Waals surface area (Å²) in [4.78, 5) is 19.1. The van der Waals surface area contributed by atoms with Crippen LogP contribution in [-0.4, -0.2) is 37.7 Å². The second kappa shape index (κ2) is 7.61. The van der Waals surface area contributed by atoms with Crippen LogP contribution in [0.5, 0.6) is 0 Å². The van der Waals surface area contributed by atoms with Gasteiger partial charge in [-0.05, 0) is 51.2 Å². The molecule has 0 aliphatic rings. The third-order valence-corrected chi connectivity index (χ3v) is 6.06. The monoisotopic (exact) mass is 403 g/mol. The molecule has 0 radical (unpaired) electrons. The largest absolute Gasteiger partial charge is 0.329 e. The van der Waals surface area contributed by atoms with E-state index < -0.39 is 0 Å². The second-order valence-corrected chi connectivity index (χ2v) is 8.38. The number of aryl methyl sites for hydroxylation is 4. The Morgan fingerprint density at radius 3 is 2.27 bits per heavy atom. The van der Waals surface area contributed by atoms with Gasteiger partial charge in [-0.25, -0.2) is 9.78 Å². The Morgan fingerprint density at radius 1 is 1.00 bits per heavy atom. The molecule has 0 aliphatic carbocycles. The molecule has 1 atom stereocenters. The summed E-state index contributed by atoms with van der Waals surface area (Å²) in [6.45, 7) is 4.99. The summed E-state index contributed by atoms with van der Waals surface area (Å²) in [6.07, 6.45) is 3.81. The molecule has 0 saturated carbocycles. The van der Waals surface area contributed by atoms with Gasteiger partial charge in [0.05, 0.1) is 35.3 Å². The van der Waals surface area contributed by atoms with Crippen molar-refractivity contribution in [2.24, 2.45) is 14.1 Å². The summed E-state index contributed by atoms with van der Waals surface area (Å²) in [5.74, 6) is 0. The summed E-state index contributed by atoms with van der Waals surface area (Å²) in [5.41, 5.74) is 7.69. The van der Waals surface area contributed by atoms with E-state index >= 15 is 0 Å². The molecule has 0 aliphatic heterocycles. The van der Waals surface area contributed by atoms with E-state index in [-0.39, 0.29) is 11.7 Å². The third kappa shape index (κ3) is 3.37. The Morgan fingerprint density at radius 2 is 1.63 bits per heavy atom. The van der Waals surface area contributed by atoms with Gasteiger partial charge in [0, 0.05) is 26.2 Å². The van der Waals surface area contributed by atoms with Crippen molar-refractivity contribution in [2.75, 3.05) is 14.1 Å². The van der Waals surface area contributed by atoms with E-state index in [2.05, 4.69) is 78.8 Å². The lowest BCUT2D eigenvalue weighted by Gasteiger charge is -2.26. The molecule has 2 heterocycles. The van der Waals surface area contributed by atoms with E-state index in [4.69, 9.17) is 0 Å². The smallest absolute Gasteiger partial charge is 0.328 e. The number of nitrogens with zero attached hydrogens (tertiary/aromatic N) is 5. The topological polar surface area (TPSA) is 48.0 Å². The summed E-state index contributed by atoms with van der Waals surface area (Å²) < 4.78 is 5.61. The second-order valence-electron chi connectivity index (χ2n) is 8.38. The molecule has 0 N–H and O–H groups in total. The van der Waals surface area contributed by atoms with Crippen molar-refractivity contribution >= 4 is 11.0 Å². The van der Waals surface area contributed by atoms with Gasteiger partial charge in [0.25, 0.3) is 0 Å². The molecule has 30 heavy (non-hydrogen) atoms. The molecule has 2 aromatic carbocycles. The maximum absolute atomic E-state index is 12.4. The highest BCUT2D eigenvalue weighted by Crippen LogP contribution is 2.30.